The third-order valence-corrected chi connectivity index (χ3v) is 3.49. The van der Waals surface area contributed by atoms with Gasteiger partial charge in [-0.05, 0) is 29.5 Å². The van der Waals surface area contributed by atoms with Gasteiger partial charge in [-0.1, -0.05) is 26.0 Å². The van der Waals surface area contributed by atoms with Gasteiger partial charge in [0.25, 0.3) is 0 Å². The van der Waals surface area contributed by atoms with E-state index in [4.69, 9.17) is 11.6 Å². The monoisotopic (exact) mass is 237 g/mol. The van der Waals surface area contributed by atoms with Gasteiger partial charge in [0.15, 0.2) is 0 Å². The minimum atomic E-state index is 0.122. The summed E-state index contributed by atoms with van der Waals surface area (Å²) in [6, 6.07) is 7.67. The Morgan fingerprint density at radius 3 is 2.81 bits per heavy atom. The molecular weight excluding hydrogens is 222 g/mol. The third-order valence-electron chi connectivity index (χ3n) is 3.18. The number of amides is 1. The van der Waals surface area contributed by atoms with Crippen molar-refractivity contribution in [2.24, 2.45) is 11.3 Å². The van der Waals surface area contributed by atoms with Crippen LogP contribution in [-0.4, -0.2) is 5.91 Å². The van der Waals surface area contributed by atoms with Gasteiger partial charge in [-0.3, -0.25) is 4.79 Å². The zero-order valence-electron chi connectivity index (χ0n) is 9.59. The molecule has 0 bridgehead atoms. The van der Waals surface area contributed by atoms with Crippen molar-refractivity contribution < 1.29 is 4.79 Å². The van der Waals surface area contributed by atoms with Gasteiger partial charge in [0.05, 0.1) is 0 Å². The minimum Gasteiger partial charge on any atom is -0.326 e. The van der Waals surface area contributed by atoms with Crippen LogP contribution in [0.15, 0.2) is 24.3 Å². The number of halogens is 1. The average Bonchev–Trinajstić information content (AvgIpc) is 2.88. The topological polar surface area (TPSA) is 29.1 Å². The Labute approximate surface area is 101 Å². The second-order valence-electron chi connectivity index (χ2n) is 5.07. The Morgan fingerprint density at radius 2 is 2.25 bits per heavy atom. The van der Waals surface area contributed by atoms with Gasteiger partial charge >= 0.3 is 0 Å². The molecule has 1 aromatic carbocycles. The summed E-state index contributed by atoms with van der Waals surface area (Å²) in [5.41, 5.74) is 2.04. The largest absolute Gasteiger partial charge is 0.326 e. The molecule has 1 unspecified atom stereocenters. The van der Waals surface area contributed by atoms with E-state index >= 15 is 0 Å². The van der Waals surface area contributed by atoms with Gasteiger partial charge in [-0.2, -0.15) is 0 Å². The third kappa shape index (κ3) is 2.38. The lowest BCUT2D eigenvalue weighted by atomic mass is 10.1. The van der Waals surface area contributed by atoms with Crippen LogP contribution in [0.2, 0.25) is 0 Å². The first-order chi connectivity index (χ1) is 7.53. The standard InChI is InChI=1S/C13H16ClNO/c1-13(2)7-11(13)12(16)15-10-5-3-4-9(6-10)8-14/h3-6,11H,7-8H2,1-2H3,(H,15,16). The maximum Gasteiger partial charge on any atom is 0.228 e. The highest BCUT2D eigenvalue weighted by Gasteiger charge is 2.50. The summed E-state index contributed by atoms with van der Waals surface area (Å²) >= 11 is 5.74. The molecule has 1 N–H and O–H groups in total. The van der Waals surface area contributed by atoms with Gasteiger partial charge < -0.3 is 5.32 Å². The molecule has 0 aromatic heterocycles. The Hall–Kier alpha value is -1.02. The molecule has 0 spiro atoms. The SMILES string of the molecule is CC1(C)CC1C(=O)Nc1cccc(CCl)c1. The Balaban J connectivity index is 2.01. The zero-order valence-corrected chi connectivity index (χ0v) is 10.3. The molecule has 86 valence electrons. The molecule has 1 aromatic rings. The fourth-order valence-electron chi connectivity index (χ4n) is 1.88. The lowest BCUT2D eigenvalue weighted by Crippen LogP contribution is -2.16. The lowest BCUT2D eigenvalue weighted by Gasteiger charge is -2.07. The Bertz CT molecular complexity index is 414. The van der Waals surface area contributed by atoms with Crippen LogP contribution in [0.1, 0.15) is 25.8 Å². The first-order valence-electron chi connectivity index (χ1n) is 5.49. The minimum absolute atomic E-state index is 0.122. The highest BCUT2D eigenvalue weighted by Crippen LogP contribution is 2.51. The molecule has 0 aliphatic heterocycles. The normalized spacial score (nSPS) is 21.6. The van der Waals surface area contributed by atoms with Crippen molar-refractivity contribution >= 4 is 23.2 Å². The number of carbonyl (C=O) groups is 1. The van der Waals surface area contributed by atoms with Gasteiger partial charge in [0.2, 0.25) is 5.91 Å². The van der Waals surface area contributed by atoms with E-state index < -0.39 is 0 Å². The van der Waals surface area contributed by atoms with Crippen molar-refractivity contribution in [3.8, 4) is 0 Å². The van der Waals surface area contributed by atoms with Crippen LogP contribution < -0.4 is 5.32 Å². The fourth-order valence-corrected chi connectivity index (χ4v) is 2.04. The first kappa shape index (κ1) is 11.5. The highest BCUT2D eigenvalue weighted by atomic mass is 35.5. The van der Waals surface area contributed by atoms with Crippen molar-refractivity contribution in [3.63, 3.8) is 0 Å². The Morgan fingerprint density at radius 1 is 1.56 bits per heavy atom. The van der Waals surface area contributed by atoms with Crippen LogP contribution in [0.3, 0.4) is 0 Å². The second-order valence-corrected chi connectivity index (χ2v) is 5.34. The molecule has 1 saturated carbocycles. The number of rotatable bonds is 3. The smallest absolute Gasteiger partial charge is 0.228 e. The predicted molar refractivity (Wildman–Crippen MR) is 66.5 cm³/mol. The van der Waals surface area contributed by atoms with E-state index in [1.807, 2.05) is 24.3 Å². The van der Waals surface area contributed by atoms with E-state index in [1.54, 1.807) is 0 Å². The van der Waals surface area contributed by atoms with Gasteiger partial charge in [-0.15, -0.1) is 11.6 Å². The van der Waals surface area contributed by atoms with Crippen LogP contribution in [0, 0.1) is 11.3 Å². The summed E-state index contributed by atoms with van der Waals surface area (Å²) in [4.78, 5) is 11.8. The first-order valence-corrected chi connectivity index (χ1v) is 6.02. The van der Waals surface area contributed by atoms with E-state index in [9.17, 15) is 4.79 Å². The van der Waals surface area contributed by atoms with Crippen LogP contribution in [0.4, 0.5) is 5.69 Å². The number of hydrogen-bond acceptors (Lipinski definition) is 1. The summed E-state index contributed by atoms with van der Waals surface area (Å²) in [6.45, 7) is 4.23. The molecule has 2 rings (SSSR count). The van der Waals surface area contributed by atoms with Gasteiger partial charge in [0, 0.05) is 17.5 Å². The zero-order chi connectivity index (χ0) is 11.8. The summed E-state index contributed by atoms with van der Waals surface area (Å²) in [5.74, 6) is 0.752. The second kappa shape index (κ2) is 4.10. The quantitative estimate of drug-likeness (QED) is 0.802. The highest BCUT2D eigenvalue weighted by molar-refractivity contribution is 6.17. The maximum atomic E-state index is 11.8. The molecule has 2 nitrogen and oxygen atoms in total. The number of hydrogen-bond donors (Lipinski definition) is 1. The Kier molecular flexibility index (Phi) is 2.94. The summed E-state index contributed by atoms with van der Waals surface area (Å²) < 4.78 is 0. The van der Waals surface area contributed by atoms with Crippen molar-refractivity contribution in [2.75, 3.05) is 5.32 Å². The molecule has 0 heterocycles. The summed E-state index contributed by atoms with van der Waals surface area (Å²) in [6.07, 6.45) is 0.980. The molecule has 0 radical (unpaired) electrons. The van der Waals surface area contributed by atoms with Crippen molar-refractivity contribution in [3.05, 3.63) is 29.8 Å². The van der Waals surface area contributed by atoms with E-state index in [-0.39, 0.29) is 17.2 Å². The van der Waals surface area contributed by atoms with Crippen LogP contribution in [0.25, 0.3) is 0 Å². The van der Waals surface area contributed by atoms with Gasteiger partial charge in [-0.25, -0.2) is 0 Å². The number of alkyl halides is 1. The number of benzene rings is 1. The summed E-state index contributed by atoms with van der Waals surface area (Å²) in [5, 5.41) is 2.94. The molecule has 0 saturated heterocycles. The van der Waals surface area contributed by atoms with Crippen LogP contribution in [-0.2, 0) is 10.7 Å². The number of anilines is 1. The molecule has 1 amide bonds. The molecule has 3 heteroatoms. The molecule has 1 aliphatic carbocycles. The molecular formula is C13H16ClNO. The number of nitrogens with one attached hydrogen (secondary N) is 1. The van der Waals surface area contributed by atoms with Crippen LogP contribution >= 0.6 is 11.6 Å². The van der Waals surface area contributed by atoms with Crippen molar-refractivity contribution in [1.82, 2.24) is 0 Å². The fraction of sp³-hybridized carbons (Fsp3) is 0.462. The number of carbonyl (C=O) groups excluding carboxylic acids is 1. The predicted octanol–water partition coefficient (Wildman–Crippen LogP) is 3.41. The van der Waals surface area contributed by atoms with E-state index in [0.717, 1.165) is 17.7 Å². The summed E-state index contributed by atoms with van der Waals surface area (Å²) in [7, 11) is 0. The van der Waals surface area contributed by atoms with E-state index in [2.05, 4.69) is 19.2 Å². The maximum absolute atomic E-state index is 11.8. The molecule has 1 fully saturated rings. The lowest BCUT2D eigenvalue weighted by molar-refractivity contribution is -0.117. The van der Waals surface area contributed by atoms with Gasteiger partial charge in [0.1, 0.15) is 0 Å². The molecule has 1 atom stereocenters. The molecule has 1 aliphatic rings. The molecule has 16 heavy (non-hydrogen) atoms. The van der Waals surface area contributed by atoms with Crippen LogP contribution in [0.5, 0.6) is 0 Å². The van der Waals surface area contributed by atoms with E-state index in [1.165, 1.54) is 0 Å². The van der Waals surface area contributed by atoms with Crippen molar-refractivity contribution in [2.45, 2.75) is 26.1 Å². The van der Waals surface area contributed by atoms with E-state index in [0.29, 0.717) is 5.88 Å². The average molecular weight is 238 g/mol. The van der Waals surface area contributed by atoms with Crippen molar-refractivity contribution in [1.29, 1.82) is 0 Å².